The van der Waals surface area contributed by atoms with Crippen molar-refractivity contribution in [3.8, 4) is 11.4 Å². The molecule has 5 heteroatoms. The van der Waals surface area contributed by atoms with Crippen LogP contribution in [-0.4, -0.2) is 29.4 Å². The Kier molecular flexibility index (Phi) is 6.02. The van der Waals surface area contributed by atoms with E-state index in [0.717, 1.165) is 35.2 Å². The third-order valence-electron chi connectivity index (χ3n) is 2.85. The second-order valence-electron chi connectivity index (χ2n) is 4.49. The van der Waals surface area contributed by atoms with E-state index in [1.807, 2.05) is 17.8 Å². The molecule has 0 bridgehead atoms. The molecule has 0 aliphatic carbocycles. The number of hydrogen-bond acceptors (Lipinski definition) is 5. The van der Waals surface area contributed by atoms with E-state index in [-0.39, 0.29) is 0 Å². The van der Waals surface area contributed by atoms with Crippen LogP contribution < -0.4 is 5.32 Å². The van der Waals surface area contributed by atoms with Gasteiger partial charge >= 0.3 is 0 Å². The van der Waals surface area contributed by atoms with Crippen molar-refractivity contribution in [3.05, 3.63) is 36.0 Å². The molecule has 0 spiro atoms. The van der Waals surface area contributed by atoms with E-state index in [9.17, 15) is 0 Å². The molecule has 1 heterocycles. The predicted molar refractivity (Wildman–Crippen MR) is 88.7 cm³/mol. The number of thioether (sulfide) groups is 1. The molecular formula is C16H21N3OS. The van der Waals surface area contributed by atoms with Gasteiger partial charge in [-0.05, 0) is 24.8 Å². The molecule has 4 nitrogen and oxygen atoms in total. The van der Waals surface area contributed by atoms with Crippen molar-refractivity contribution in [1.82, 2.24) is 9.97 Å². The van der Waals surface area contributed by atoms with Crippen LogP contribution in [0.2, 0.25) is 0 Å². The minimum atomic E-state index is 0.484. The smallest absolute Gasteiger partial charge is 0.161 e. The standard InChI is InChI=1S/C16H21N3OS/c1-4-17-15-10-13(11-20-3)18-16(19-15)12-6-8-14(9-7-12)21-5-2/h6-10H,4-5,11H2,1-3H3,(H,17,18,19). The van der Waals surface area contributed by atoms with Gasteiger partial charge < -0.3 is 10.1 Å². The van der Waals surface area contributed by atoms with Crippen LogP contribution >= 0.6 is 11.8 Å². The summed E-state index contributed by atoms with van der Waals surface area (Å²) < 4.78 is 5.18. The van der Waals surface area contributed by atoms with Crippen LogP contribution in [0.5, 0.6) is 0 Å². The molecule has 0 saturated heterocycles. The number of anilines is 1. The maximum absolute atomic E-state index is 5.18. The number of benzene rings is 1. The largest absolute Gasteiger partial charge is 0.378 e. The molecule has 1 N–H and O–H groups in total. The van der Waals surface area contributed by atoms with Gasteiger partial charge in [0.25, 0.3) is 0 Å². The Morgan fingerprint density at radius 2 is 1.90 bits per heavy atom. The first-order valence-corrected chi connectivity index (χ1v) is 8.09. The van der Waals surface area contributed by atoms with Crippen LogP contribution in [0, 0.1) is 0 Å². The highest BCUT2D eigenvalue weighted by molar-refractivity contribution is 7.99. The molecule has 2 rings (SSSR count). The molecule has 0 fully saturated rings. The third kappa shape index (κ3) is 4.44. The second kappa shape index (κ2) is 8.00. The van der Waals surface area contributed by atoms with Crippen LogP contribution in [-0.2, 0) is 11.3 Å². The zero-order chi connectivity index (χ0) is 15.1. The molecule has 0 unspecified atom stereocenters. The van der Waals surface area contributed by atoms with E-state index < -0.39 is 0 Å². The maximum Gasteiger partial charge on any atom is 0.161 e. The first-order chi connectivity index (χ1) is 10.3. The number of nitrogens with one attached hydrogen (secondary N) is 1. The van der Waals surface area contributed by atoms with Gasteiger partial charge in [0, 0.05) is 30.2 Å². The Labute approximate surface area is 130 Å². The molecule has 2 aromatic rings. The van der Waals surface area contributed by atoms with Crippen molar-refractivity contribution >= 4 is 17.6 Å². The minimum absolute atomic E-state index is 0.484. The molecule has 1 aromatic heterocycles. The van der Waals surface area contributed by atoms with Gasteiger partial charge in [-0.25, -0.2) is 9.97 Å². The maximum atomic E-state index is 5.18. The van der Waals surface area contributed by atoms with Crippen LogP contribution in [0.3, 0.4) is 0 Å². The lowest BCUT2D eigenvalue weighted by Gasteiger charge is -2.09. The lowest BCUT2D eigenvalue weighted by Crippen LogP contribution is -2.04. The van der Waals surface area contributed by atoms with Gasteiger partial charge in [-0.3, -0.25) is 0 Å². The number of nitrogens with zero attached hydrogens (tertiary/aromatic N) is 2. The molecule has 0 radical (unpaired) electrons. The molecule has 0 saturated carbocycles. The van der Waals surface area contributed by atoms with Crippen molar-refractivity contribution in [2.75, 3.05) is 24.7 Å². The second-order valence-corrected chi connectivity index (χ2v) is 5.83. The fraction of sp³-hybridized carbons (Fsp3) is 0.375. The van der Waals surface area contributed by atoms with Gasteiger partial charge in [0.2, 0.25) is 0 Å². The number of methoxy groups -OCH3 is 1. The Bertz CT molecular complexity index is 548. The summed E-state index contributed by atoms with van der Waals surface area (Å²) in [6.07, 6.45) is 0. The first kappa shape index (κ1) is 15.8. The van der Waals surface area contributed by atoms with Crippen LogP contribution in [0.15, 0.2) is 35.2 Å². The monoisotopic (exact) mass is 303 g/mol. The van der Waals surface area contributed by atoms with Crippen molar-refractivity contribution in [1.29, 1.82) is 0 Å². The lowest BCUT2D eigenvalue weighted by molar-refractivity contribution is 0.181. The van der Waals surface area contributed by atoms with Gasteiger partial charge in [-0.2, -0.15) is 0 Å². The molecule has 0 aliphatic heterocycles. The third-order valence-corrected chi connectivity index (χ3v) is 3.75. The number of ether oxygens (including phenoxy) is 1. The SMILES string of the molecule is CCNc1cc(COC)nc(-c2ccc(SCC)cc2)n1. The van der Waals surface area contributed by atoms with Crippen molar-refractivity contribution in [2.45, 2.75) is 25.3 Å². The van der Waals surface area contributed by atoms with E-state index in [2.05, 4.69) is 53.4 Å². The fourth-order valence-corrected chi connectivity index (χ4v) is 2.65. The zero-order valence-corrected chi connectivity index (χ0v) is 13.5. The zero-order valence-electron chi connectivity index (χ0n) is 12.7. The molecule has 0 aliphatic rings. The normalized spacial score (nSPS) is 10.6. The summed E-state index contributed by atoms with van der Waals surface area (Å²) in [5.41, 5.74) is 1.90. The van der Waals surface area contributed by atoms with Crippen LogP contribution in [0.4, 0.5) is 5.82 Å². The summed E-state index contributed by atoms with van der Waals surface area (Å²) in [6.45, 7) is 5.51. The summed E-state index contributed by atoms with van der Waals surface area (Å²) in [6, 6.07) is 10.3. The average molecular weight is 303 g/mol. The molecule has 21 heavy (non-hydrogen) atoms. The van der Waals surface area contributed by atoms with E-state index in [1.165, 1.54) is 4.90 Å². The first-order valence-electron chi connectivity index (χ1n) is 7.10. The number of hydrogen-bond donors (Lipinski definition) is 1. The predicted octanol–water partition coefficient (Wildman–Crippen LogP) is 3.83. The van der Waals surface area contributed by atoms with Gasteiger partial charge in [0.15, 0.2) is 5.82 Å². The summed E-state index contributed by atoms with van der Waals surface area (Å²) in [5.74, 6) is 2.64. The lowest BCUT2D eigenvalue weighted by atomic mass is 10.2. The van der Waals surface area contributed by atoms with E-state index in [4.69, 9.17) is 4.74 Å². The molecular weight excluding hydrogens is 282 g/mol. The van der Waals surface area contributed by atoms with E-state index in [1.54, 1.807) is 7.11 Å². The molecule has 1 aromatic carbocycles. The summed E-state index contributed by atoms with van der Waals surface area (Å²) in [5, 5.41) is 3.24. The Morgan fingerprint density at radius 1 is 1.14 bits per heavy atom. The van der Waals surface area contributed by atoms with Gasteiger partial charge in [-0.15, -0.1) is 11.8 Å². The molecule has 0 atom stereocenters. The van der Waals surface area contributed by atoms with E-state index in [0.29, 0.717) is 6.61 Å². The van der Waals surface area contributed by atoms with Gasteiger partial charge in [0.05, 0.1) is 12.3 Å². The van der Waals surface area contributed by atoms with Gasteiger partial charge in [-0.1, -0.05) is 19.1 Å². The Morgan fingerprint density at radius 3 is 2.52 bits per heavy atom. The van der Waals surface area contributed by atoms with Crippen molar-refractivity contribution in [2.24, 2.45) is 0 Å². The Balaban J connectivity index is 2.32. The van der Waals surface area contributed by atoms with Crippen molar-refractivity contribution in [3.63, 3.8) is 0 Å². The summed E-state index contributed by atoms with van der Waals surface area (Å²) in [7, 11) is 1.67. The van der Waals surface area contributed by atoms with Crippen LogP contribution in [0.25, 0.3) is 11.4 Å². The molecule has 112 valence electrons. The number of aromatic nitrogens is 2. The highest BCUT2D eigenvalue weighted by atomic mass is 32.2. The topological polar surface area (TPSA) is 47.0 Å². The quantitative estimate of drug-likeness (QED) is 0.788. The van der Waals surface area contributed by atoms with E-state index >= 15 is 0 Å². The molecule has 0 amide bonds. The average Bonchev–Trinajstić information content (AvgIpc) is 2.49. The highest BCUT2D eigenvalue weighted by Crippen LogP contribution is 2.23. The summed E-state index contributed by atoms with van der Waals surface area (Å²) in [4.78, 5) is 10.4. The Hall–Kier alpha value is -1.59. The van der Waals surface area contributed by atoms with Crippen LogP contribution in [0.1, 0.15) is 19.5 Å². The van der Waals surface area contributed by atoms with Crippen molar-refractivity contribution < 1.29 is 4.74 Å². The number of rotatable bonds is 7. The summed E-state index contributed by atoms with van der Waals surface area (Å²) >= 11 is 1.83. The minimum Gasteiger partial charge on any atom is -0.378 e. The van der Waals surface area contributed by atoms with Gasteiger partial charge in [0.1, 0.15) is 5.82 Å². The fourth-order valence-electron chi connectivity index (χ4n) is 1.99. The highest BCUT2D eigenvalue weighted by Gasteiger charge is 2.07.